The van der Waals surface area contributed by atoms with Gasteiger partial charge in [-0.15, -0.1) is 0 Å². The van der Waals surface area contributed by atoms with Crippen LogP contribution in [0.2, 0.25) is 0 Å². The molecule has 1 aromatic rings. The lowest BCUT2D eigenvalue weighted by Gasteiger charge is -2.23. The van der Waals surface area contributed by atoms with Gasteiger partial charge in [0, 0.05) is 17.1 Å². The summed E-state index contributed by atoms with van der Waals surface area (Å²) < 4.78 is 27.6. The second-order valence-electron chi connectivity index (χ2n) is 5.51. The molecule has 3 rings (SSSR count). The van der Waals surface area contributed by atoms with Gasteiger partial charge in [0.2, 0.25) is 15.9 Å². The van der Waals surface area contributed by atoms with Crippen LogP contribution in [0.3, 0.4) is 0 Å². The first-order valence-electron chi connectivity index (χ1n) is 7.06. The van der Waals surface area contributed by atoms with Crippen LogP contribution in [-0.2, 0) is 14.8 Å². The van der Waals surface area contributed by atoms with Gasteiger partial charge in [-0.3, -0.25) is 4.79 Å². The van der Waals surface area contributed by atoms with Crippen LogP contribution in [0.1, 0.15) is 25.7 Å². The van der Waals surface area contributed by atoms with E-state index in [2.05, 4.69) is 21.2 Å². The van der Waals surface area contributed by atoms with Crippen molar-refractivity contribution in [3.05, 3.63) is 28.7 Å². The average molecular weight is 373 g/mol. The molecule has 0 aromatic heterocycles. The molecule has 21 heavy (non-hydrogen) atoms. The minimum atomic E-state index is -3.61. The molecule has 2 fully saturated rings. The van der Waals surface area contributed by atoms with Crippen LogP contribution in [0.25, 0.3) is 0 Å². The summed E-state index contributed by atoms with van der Waals surface area (Å²) in [4.78, 5) is 12.4. The van der Waals surface area contributed by atoms with Crippen molar-refractivity contribution in [3.63, 3.8) is 0 Å². The summed E-state index contributed by atoms with van der Waals surface area (Å²) in [5.41, 5.74) is 0. The minimum absolute atomic E-state index is 0.157. The van der Waals surface area contributed by atoms with E-state index in [0.29, 0.717) is 13.0 Å². The summed E-state index contributed by atoms with van der Waals surface area (Å²) in [7, 11) is -3.61. The molecule has 0 radical (unpaired) electrons. The zero-order chi connectivity index (χ0) is 15.0. The van der Waals surface area contributed by atoms with Gasteiger partial charge < -0.3 is 5.32 Å². The Hall–Kier alpha value is -0.920. The molecule has 1 heterocycles. The third-order valence-corrected chi connectivity index (χ3v) is 6.30. The number of benzene rings is 1. The number of carbonyl (C=O) groups is 1. The number of carbonyl (C=O) groups excluding carboxylic acids is 1. The van der Waals surface area contributed by atoms with Crippen LogP contribution in [-0.4, -0.2) is 37.3 Å². The number of sulfonamides is 1. The first kappa shape index (κ1) is 15.0. The zero-order valence-corrected chi connectivity index (χ0v) is 13.9. The van der Waals surface area contributed by atoms with E-state index in [-0.39, 0.29) is 16.8 Å². The van der Waals surface area contributed by atoms with Crippen LogP contribution in [0.5, 0.6) is 0 Å². The molecule has 1 aromatic carbocycles. The van der Waals surface area contributed by atoms with Crippen LogP contribution in [0.4, 0.5) is 0 Å². The molecule has 1 amide bonds. The third-order valence-electron chi connectivity index (χ3n) is 3.85. The second kappa shape index (κ2) is 5.70. The van der Waals surface area contributed by atoms with E-state index in [0.717, 1.165) is 23.7 Å². The number of nitrogens with one attached hydrogen (secondary N) is 1. The highest BCUT2D eigenvalue weighted by Gasteiger charge is 2.40. The summed E-state index contributed by atoms with van der Waals surface area (Å²) >= 11 is 3.29. The highest BCUT2D eigenvalue weighted by Crippen LogP contribution is 2.28. The van der Waals surface area contributed by atoms with Gasteiger partial charge in [0.1, 0.15) is 6.04 Å². The molecule has 1 atom stereocenters. The Kier molecular flexibility index (Phi) is 4.07. The van der Waals surface area contributed by atoms with Crippen LogP contribution < -0.4 is 5.32 Å². The third kappa shape index (κ3) is 3.14. The molecule has 1 aliphatic heterocycles. The Morgan fingerprint density at radius 1 is 1.19 bits per heavy atom. The highest BCUT2D eigenvalue weighted by molar-refractivity contribution is 9.10. The summed E-state index contributed by atoms with van der Waals surface area (Å²) in [5.74, 6) is -0.157. The lowest BCUT2D eigenvalue weighted by molar-refractivity contribution is -0.124. The van der Waals surface area contributed by atoms with Crippen molar-refractivity contribution in [2.24, 2.45) is 0 Å². The fourth-order valence-corrected chi connectivity index (χ4v) is 4.48. The van der Waals surface area contributed by atoms with Gasteiger partial charge in [-0.05, 0) is 49.9 Å². The molecule has 2 aliphatic rings. The van der Waals surface area contributed by atoms with Crippen molar-refractivity contribution in [2.45, 2.75) is 42.7 Å². The smallest absolute Gasteiger partial charge is 0.243 e. The van der Waals surface area contributed by atoms with E-state index in [4.69, 9.17) is 0 Å². The SMILES string of the molecule is O=C(NC1CC1)C1CCCN1S(=O)(=O)c1ccc(Br)cc1. The number of amides is 1. The van der Waals surface area contributed by atoms with Crippen molar-refractivity contribution in [1.29, 1.82) is 0 Å². The van der Waals surface area contributed by atoms with Gasteiger partial charge >= 0.3 is 0 Å². The zero-order valence-electron chi connectivity index (χ0n) is 11.5. The van der Waals surface area contributed by atoms with Crippen LogP contribution in [0, 0.1) is 0 Å². The van der Waals surface area contributed by atoms with E-state index < -0.39 is 16.1 Å². The fourth-order valence-electron chi connectivity index (χ4n) is 2.56. The second-order valence-corrected chi connectivity index (χ2v) is 8.32. The Morgan fingerprint density at radius 3 is 2.48 bits per heavy atom. The maximum atomic E-state index is 12.7. The Morgan fingerprint density at radius 2 is 1.86 bits per heavy atom. The highest BCUT2D eigenvalue weighted by atomic mass is 79.9. The summed E-state index contributed by atoms with van der Waals surface area (Å²) in [6, 6.07) is 6.20. The topological polar surface area (TPSA) is 66.5 Å². The predicted molar refractivity (Wildman–Crippen MR) is 82.2 cm³/mol. The lowest BCUT2D eigenvalue weighted by atomic mass is 10.2. The molecule has 1 aliphatic carbocycles. The van der Waals surface area contributed by atoms with Gasteiger partial charge in [-0.2, -0.15) is 4.31 Å². The molecule has 1 N–H and O–H groups in total. The van der Waals surface area contributed by atoms with Crippen molar-refractivity contribution in [1.82, 2.24) is 9.62 Å². The van der Waals surface area contributed by atoms with Crippen LogP contribution >= 0.6 is 15.9 Å². The molecule has 1 saturated heterocycles. The molecule has 0 bridgehead atoms. The molecule has 1 unspecified atom stereocenters. The fraction of sp³-hybridized carbons (Fsp3) is 0.500. The number of nitrogens with zero attached hydrogens (tertiary/aromatic N) is 1. The molecule has 1 saturated carbocycles. The summed E-state index contributed by atoms with van der Waals surface area (Å²) in [5, 5.41) is 2.91. The van der Waals surface area contributed by atoms with E-state index in [1.165, 1.54) is 4.31 Å². The summed E-state index contributed by atoms with van der Waals surface area (Å²) in [6.45, 7) is 0.404. The first-order valence-corrected chi connectivity index (χ1v) is 9.29. The van der Waals surface area contributed by atoms with E-state index >= 15 is 0 Å². The quantitative estimate of drug-likeness (QED) is 0.877. The van der Waals surface area contributed by atoms with E-state index in [9.17, 15) is 13.2 Å². The number of hydrogen-bond donors (Lipinski definition) is 1. The minimum Gasteiger partial charge on any atom is -0.352 e. The van der Waals surface area contributed by atoms with Crippen molar-refractivity contribution in [2.75, 3.05) is 6.54 Å². The van der Waals surface area contributed by atoms with Crippen molar-refractivity contribution < 1.29 is 13.2 Å². The van der Waals surface area contributed by atoms with Gasteiger partial charge in [0.15, 0.2) is 0 Å². The number of halogens is 1. The number of hydrogen-bond acceptors (Lipinski definition) is 3. The predicted octanol–water partition coefficient (Wildman–Crippen LogP) is 1.88. The van der Waals surface area contributed by atoms with Crippen LogP contribution in [0.15, 0.2) is 33.6 Å². The average Bonchev–Trinajstić information content (AvgIpc) is 3.11. The van der Waals surface area contributed by atoms with Gasteiger partial charge in [-0.25, -0.2) is 8.42 Å². The van der Waals surface area contributed by atoms with E-state index in [1.54, 1.807) is 24.3 Å². The van der Waals surface area contributed by atoms with Gasteiger partial charge in [0.05, 0.1) is 4.90 Å². The Balaban J connectivity index is 1.82. The van der Waals surface area contributed by atoms with Crippen molar-refractivity contribution in [3.8, 4) is 0 Å². The number of rotatable bonds is 4. The molecule has 7 heteroatoms. The first-order chi connectivity index (χ1) is 9.98. The molecular weight excluding hydrogens is 356 g/mol. The molecular formula is C14H17BrN2O3S. The van der Waals surface area contributed by atoms with Gasteiger partial charge in [-0.1, -0.05) is 15.9 Å². The Labute approximate surface area is 132 Å². The molecule has 5 nitrogen and oxygen atoms in total. The normalized spacial score (nSPS) is 23.2. The largest absolute Gasteiger partial charge is 0.352 e. The maximum absolute atomic E-state index is 12.7. The standard InChI is InChI=1S/C14H17BrN2O3S/c15-10-3-7-12(8-4-10)21(19,20)17-9-1-2-13(17)14(18)16-11-5-6-11/h3-4,7-8,11,13H,1-2,5-6,9H2,(H,16,18). The lowest BCUT2D eigenvalue weighted by Crippen LogP contribution is -2.46. The maximum Gasteiger partial charge on any atom is 0.243 e. The van der Waals surface area contributed by atoms with Crippen molar-refractivity contribution >= 4 is 31.9 Å². The monoisotopic (exact) mass is 372 g/mol. The van der Waals surface area contributed by atoms with E-state index in [1.807, 2.05) is 0 Å². The molecule has 0 spiro atoms. The summed E-state index contributed by atoms with van der Waals surface area (Å²) in [6.07, 6.45) is 3.31. The Bertz CT molecular complexity index is 641. The molecule has 114 valence electrons. The van der Waals surface area contributed by atoms with Gasteiger partial charge in [0.25, 0.3) is 0 Å².